The van der Waals surface area contributed by atoms with E-state index < -0.39 is 5.60 Å². The van der Waals surface area contributed by atoms with Gasteiger partial charge in [0.1, 0.15) is 40.7 Å². The molecule has 1 amide bonds. The number of methoxy groups -OCH3 is 2. The molecular weight excluding hydrogens is 610 g/mol. The molecule has 1 saturated heterocycles. The van der Waals surface area contributed by atoms with Gasteiger partial charge in [-0.2, -0.15) is 5.10 Å². The molecule has 3 aromatic heterocycles. The molecule has 0 aliphatic carbocycles. The van der Waals surface area contributed by atoms with E-state index >= 15 is 0 Å². The van der Waals surface area contributed by atoms with Crippen LogP contribution in [0, 0.1) is 6.92 Å². The number of carbonyl (C=O) groups is 1. The highest BCUT2D eigenvalue weighted by atomic mass is 16.6. The molecule has 4 heterocycles. The van der Waals surface area contributed by atoms with Crippen molar-refractivity contribution in [1.29, 1.82) is 0 Å². The van der Waals surface area contributed by atoms with Crippen molar-refractivity contribution >= 4 is 28.4 Å². The van der Waals surface area contributed by atoms with Crippen molar-refractivity contribution in [3.63, 3.8) is 0 Å². The van der Waals surface area contributed by atoms with Crippen LogP contribution >= 0.6 is 0 Å². The molecule has 0 saturated carbocycles. The Morgan fingerprint density at radius 3 is 2.31 bits per heavy atom. The molecule has 5 aromatic rings. The zero-order chi connectivity index (χ0) is 35.0. The van der Waals surface area contributed by atoms with Crippen molar-refractivity contribution < 1.29 is 28.2 Å². The lowest BCUT2D eigenvalue weighted by Crippen LogP contribution is -2.57. The fourth-order valence-electron chi connectivity index (χ4n) is 5.33. The maximum atomic E-state index is 13.0. The number of benzene rings is 2. The predicted molar refractivity (Wildman–Crippen MR) is 190 cm³/mol. The first-order valence-corrected chi connectivity index (χ1v) is 16.6. The molecule has 1 aliphatic heterocycles. The number of imidazole rings is 1. The predicted octanol–water partition coefficient (Wildman–Crippen LogP) is 8.03. The summed E-state index contributed by atoms with van der Waals surface area (Å²) >= 11 is 0. The van der Waals surface area contributed by atoms with Gasteiger partial charge in [-0.1, -0.05) is 27.7 Å². The van der Waals surface area contributed by atoms with Crippen molar-refractivity contribution in [2.45, 2.75) is 67.0 Å². The van der Waals surface area contributed by atoms with Crippen LogP contribution in [0.5, 0.6) is 17.2 Å². The highest BCUT2D eigenvalue weighted by molar-refractivity contribution is 5.89. The summed E-state index contributed by atoms with van der Waals surface area (Å²) in [5.74, 6) is 2.58. The Morgan fingerprint density at radius 2 is 1.65 bits per heavy atom. The van der Waals surface area contributed by atoms with E-state index in [0.29, 0.717) is 54.8 Å². The van der Waals surface area contributed by atoms with Crippen LogP contribution in [0.15, 0.2) is 65.2 Å². The maximum absolute atomic E-state index is 13.0. The summed E-state index contributed by atoms with van der Waals surface area (Å²) in [6, 6.07) is 17.2. The quantitative estimate of drug-likeness (QED) is 0.172. The van der Waals surface area contributed by atoms with E-state index in [4.69, 9.17) is 23.4 Å². The number of furan rings is 1. The SMILES string of the molecule is CC.CC.COc1ccc(N2CCN(C(=O)OC(C)(C)C)CC2COc2cc(OC)cc3oc(-c4cn5nc(C)ccc5n4)cc23)cc1. The van der Waals surface area contributed by atoms with Gasteiger partial charge in [0.2, 0.25) is 0 Å². The van der Waals surface area contributed by atoms with Gasteiger partial charge in [-0.25, -0.2) is 14.3 Å². The lowest BCUT2D eigenvalue weighted by molar-refractivity contribution is 0.0201. The van der Waals surface area contributed by atoms with Gasteiger partial charge >= 0.3 is 6.09 Å². The monoisotopic (exact) mass is 659 g/mol. The van der Waals surface area contributed by atoms with Crippen LogP contribution in [0.2, 0.25) is 0 Å². The first-order valence-electron chi connectivity index (χ1n) is 16.6. The number of fused-ring (bicyclic) bond motifs is 2. The molecule has 0 radical (unpaired) electrons. The van der Waals surface area contributed by atoms with Gasteiger partial charge < -0.3 is 33.2 Å². The van der Waals surface area contributed by atoms with Crippen molar-refractivity contribution in [3.05, 3.63) is 66.5 Å². The Bertz CT molecular complexity index is 1790. The Hall–Kier alpha value is -4.93. The molecule has 258 valence electrons. The van der Waals surface area contributed by atoms with E-state index in [1.807, 2.05) is 116 Å². The average molecular weight is 660 g/mol. The lowest BCUT2D eigenvalue weighted by atomic mass is 10.1. The summed E-state index contributed by atoms with van der Waals surface area (Å²) in [4.78, 5) is 21.7. The average Bonchev–Trinajstić information content (AvgIpc) is 3.72. The zero-order valence-corrected chi connectivity index (χ0v) is 29.9. The molecule has 1 aliphatic rings. The summed E-state index contributed by atoms with van der Waals surface area (Å²) in [6.45, 7) is 17.4. The van der Waals surface area contributed by atoms with Gasteiger partial charge in [0.05, 0.1) is 37.5 Å². The van der Waals surface area contributed by atoms with Gasteiger partial charge in [-0.3, -0.25) is 0 Å². The number of anilines is 1. The minimum atomic E-state index is -0.586. The van der Waals surface area contributed by atoms with Crippen molar-refractivity contribution in [3.8, 4) is 28.7 Å². The highest BCUT2D eigenvalue weighted by Crippen LogP contribution is 2.37. The van der Waals surface area contributed by atoms with Crippen LogP contribution in [0.4, 0.5) is 10.5 Å². The molecule has 11 nitrogen and oxygen atoms in total. The van der Waals surface area contributed by atoms with E-state index in [1.54, 1.807) is 23.6 Å². The number of aromatic nitrogens is 3. The summed E-state index contributed by atoms with van der Waals surface area (Å²) in [5.41, 5.74) is 3.32. The number of hydrogen-bond donors (Lipinski definition) is 0. The number of carbonyl (C=O) groups excluding carboxylic acids is 1. The van der Waals surface area contributed by atoms with Crippen LogP contribution in [0.25, 0.3) is 28.1 Å². The molecule has 6 rings (SSSR count). The number of ether oxygens (including phenoxy) is 4. The number of piperazine rings is 1. The van der Waals surface area contributed by atoms with Gasteiger partial charge in [-0.15, -0.1) is 0 Å². The standard InChI is InChI=1S/C33H37N5O6.2C2H6/c1-21-7-12-31-34-27(19-38(31)35-21)30-17-26-28(15-25(41-6)16-29(26)43-30)42-20-23-18-36(32(39)44-33(2,3)4)13-14-37(23)22-8-10-24(40-5)11-9-22;2*1-2/h7-12,15-17,19,23H,13-14,18,20H2,1-6H3;2*1-2H3. The van der Waals surface area contributed by atoms with E-state index in [9.17, 15) is 4.79 Å². The maximum Gasteiger partial charge on any atom is 0.410 e. The smallest absolute Gasteiger partial charge is 0.410 e. The minimum absolute atomic E-state index is 0.162. The molecule has 1 fully saturated rings. The summed E-state index contributed by atoms with van der Waals surface area (Å²) in [6.07, 6.45) is 1.51. The van der Waals surface area contributed by atoms with Crippen molar-refractivity contribution in [2.24, 2.45) is 0 Å². The first kappa shape index (κ1) is 35.9. The van der Waals surface area contributed by atoms with E-state index in [0.717, 1.165) is 28.2 Å². The summed E-state index contributed by atoms with van der Waals surface area (Å²) < 4.78 is 31.1. The molecule has 1 unspecified atom stereocenters. The van der Waals surface area contributed by atoms with Gasteiger partial charge in [0.25, 0.3) is 0 Å². The second-order valence-electron chi connectivity index (χ2n) is 11.8. The second kappa shape index (κ2) is 15.8. The Morgan fingerprint density at radius 1 is 0.938 bits per heavy atom. The third-order valence-electron chi connectivity index (χ3n) is 7.48. The fourth-order valence-corrected chi connectivity index (χ4v) is 5.33. The molecule has 48 heavy (non-hydrogen) atoms. The van der Waals surface area contributed by atoms with E-state index in [-0.39, 0.29) is 12.1 Å². The van der Waals surface area contributed by atoms with Crippen LogP contribution in [0.1, 0.15) is 54.2 Å². The Labute approximate surface area is 283 Å². The van der Waals surface area contributed by atoms with Crippen molar-refractivity contribution in [2.75, 3.05) is 45.4 Å². The highest BCUT2D eigenvalue weighted by Gasteiger charge is 2.33. The molecule has 0 bridgehead atoms. The minimum Gasteiger partial charge on any atom is -0.497 e. The largest absolute Gasteiger partial charge is 0.497 e. The van der Waals surface area contributed by atoms with Gasteiger partial charge in [-0.05, 0) is 70.2 Å². The van der Waals surface area contributed by atoms with Crippen LogP contribution in [-0.4, -0.2) is 77.7 Å². The lowest BCUT2D eigenvalue weighted by Gasteiger charge is -2.42. The van der Waals surface area contributed by atoms with Gasteiger partial charge in [0.15, 0.2) is 11.4 Å². The Kier molecular flexibility index (Phi) is 11.8. The summed E-state index contributed by atoms with van der Waals surface area (Å²) in [7, 11) is 3.25. The zero-order valence-electron chi connectivity index (χ0n) is 29.9. The third-order valence-corrected chi connectivity index (χ3v) is 7.48. The molecule has 1 atom stereocenters. The number of hydrogen-bond acceptors (Lipinski definition) is 9. The van der Waals surface area contributed by atoms with Crippen molar-refractivity contribution in [1.82, 2.24) is 19.5 Å². The Balaban J connectivity index is 0.00000125. The molecular formula is C37H49N5O6. The molecule has 0 spiro atoms. The third kappa shape index (κ3) is 8.31. The second-order valence-corrected chi connectivity index (χ2v) is 11.8. The molecule has 0 N–H and O–H groups in total. The van der Waals surface area contributed by atoms with E-state index in [2.05, 4.69) is 15.0 Å². The number of aryl methyl sites for hydroxylation is 1. The first-order chi connectivity index (χ1) is 23.1. The van der Waals surface area contributed by atoms with Crippen LogP contribution < -0.4 is 19.1 Å². The summed E-state index contributed by atoms with van der Waals surface area (Å²) in [5, 5.41) is 5.29. The van der Waals surface area contributed by atoms with Crippen LogP contribution in [0.3, 0.4) is 0 Å². The number of amides is 1. The van der Waals surface area contributed by atoms with Crippen LogP contribution in [-0.2, 0) is 4.74 Å². The van der Waals surface area contributed by atoms with Gasteiger partial charge in [0, 0.05) is 37.5 Å². The molecule has 2 aromatic carbocycles. The molecule has 11 heteroatoms. The number of nitrogens with zero attached hydrogens (tertiary/aromatic N) is 5. The topological polar surface area (TPSA) is 104 Å². The normalized spacial score (nSPS) is 14.5. The fraction of sp³-hybridized carbons (Fsp3) is 0.432. The van der Waals surface area contributed by atoms with E-state index in [1.165, 1.54) is 0 Å². The number of rotatable bonds is 7.